The van der Waals surface area contributed by atoms with Gasteiger partial charge in [0.2, 0.25) is 0 Å². The first-order valence-electron chi connectivity index (χ1n) is 5.22. The van der Waals surface area contributed by atoms with Gasteiger partial charge in [-0.1, -0.05) is 11.6 Å². The monoisotopic (exact) mass is 239 g/mol. The first-order valence-corrected chi connectivity index (χ1v) is 6.42. The highest BCUT2D eigenvalue weighted by Crippen LogP contribution is 2.39. The Hall–Kier alpha value is -0.490. The van der Waals surface area contributed by atoms with Crippen LogP contribution in [-0.2, 0) is 6.42 Å². The van der Waals surface area contributed by atoms with Gasteiger partial charge in [-0.15, -0.1) is 23.2 Å². The lowest BCUT2D eigenvalue weighted by molar-refractivity contribution is 0.539. The Morgan fingerprint density at radius 2 is 2.53 bits per heavy atom. The average Bonchev–Trinajstić information content (AvgIpc) is 2.73. The van der Waals surface area contributed by atoms with Crippen molar-refractivity contribution in [2.75, 3.05) is 6.54 Å². The van der Waals surface area contributed by atoms with Crippen LogP contribution >= 0.6 is 22.9 Å². The van der Waals surface area contributed by atoms with Crippen LogP contribution < -0.4 is 5.32 Å². The maximum Gasteiger partial charge on any atom is 0.0934 e. The molecule has 1 aliphatic carbocycles. The minimum atomic E-state index is 0.502. The van der Waals surface area contributed by atoms with Gasteiger partial charge in [0.15, 0.2) is 0 Å². The Labute approximate surface area is 99.8 Å². The van der Waals surface area contributed by atoms with Crippen molar-refractivity contribution >= 4 is 22.9 Å². The summed E-state index contributed by atoms with van der Waals surface area (Å²) >= 11 is 7.72. The number of fused-ring (bicyclic) bond motifs is 1. The van der Waals surface area contributed by atoms with Crippen molar-refractivity contribution < 1.29 is 0 Å². The molecule has 3 heteroatoms. The van der Waals surface area contributed by atoms with Crippen molar-refractivity contribution in [1.82, 2.24) is 5.32 Å². The average molecular weight is 240 g/mol. The summed E-state index contributed by atoms with van der Waals surface area (Å²) in [4.78, 5) is 1.46. The topological polar surface area (TPSA) is 12.0 Å². The molecule has 1 N–H and O–H groups in total. The largest absolute Gasteiger partial charge is 0.309 e. The van der Waals surface area contributed by atoms with E-state index in [2.05, 4.69) is 23.2 Å². The van der Waals surface area contributed by atoms with E-state index in [9.17, 15) is 0 Å². The summed E-state index contributed by atoms with van der Waals surface area (Å²) in [5.41, 5.74) is 1.41. The van der Waals surface area contributed by atoms with E-state index < -0.39 is 0 Å². The van der Waals surface area contributed by atoms with Crippen molar-refractivity contribution in [3.8, 4) is 11.8 Å². The molecule has 0 spiro atoms. The minimum absolute atomic E-state index is 0.502. The molecule has 0 aromatic carbocycles. The second-order valence-corrected chi connectivity index (χ2v) is 5.42. The van der Waals surface area contributed by atoms with Crippen molar-refractivity contribution in [3.05, 3.63) is 20.8 Å². The van der Waals surface area contributed by atoms with Crippen LogP contribution in [0.5, 0.6) is 0 Å². The van der Waals surface area contributed by atoms with Gasteiger partial charge in [-0.05, 0) is 31.4 Å². The van der Waals surface area contributed by atoms with E-state index in [0.717, 1.165) is 17.3 Å². The van der Waals surface area contributed by atoms with E-state index in [4.69, 9.17) is 11.6 Å². The Morgan fingerprint density at radius 1 is 1.67 bits per heavy atom. The Kier molecular flexibility index (Phi) is 3.69. The van der Waals surface area contributed by atoms with E-state index in [1.54, 1.807) is 11.3 Å². The molecule has 1 unspecified atom stereocenters. The van der Waals surface area contributed by atoms with Crippen LogP contribution in [0.1, 0.15) is 36.2 Å². The lowest BCUT2D eigenvalue weighted by atomic mass is 10.2. The number of aryl methyl sites for hydroxylation is 1. The lowest BCUT2D eigenvalue weighted by Gasteiger charge is -2.10. The highest BCUT2D eigenvalue weighted by Gasteiger charge is 2.24. The van der Waals surface area contributed by atoms with Gasteiger partial charge < -0.3 is 5.32 Å². The molecule has 1 nitrogen and oxygen atoms in total. The Bertz CT molecular complexity index is 399. The smallest absolute Gasteiger partial charge is 0.0934 e. The van der Waals surface area contributed by atoms with Crippen LogP contribution in [0.15, 0.2) is 6.07 Å². The second kappa shape index (κ2) is 5.03. The fourth-order valence-corrected chi connectivity index (χ4v) is 3.33. The summed E-state index contributed by atoms with van der Waals surface area (Å²) in [5, 5.41) is 3.53. The molecule has 1 aliphatic rings. The number of hydrogen-bond acceptors (Lipinski definition) is 2. The van der Waals surface area contributed by atoms with Crippen molar-refractivity contribution in [2.24, 2.45) is 0 Å². The normalized spacial score (nSPS) is 18.4. The quantitative estimate of drug-likeness (QED) is 0.630. The molecule has 1 aromatic heterocycles. The molecular weight excluding hydrogens is 226 g/mol. The molecule has 1 aromatic rings. The summed E-state index contributed by atoms with van der Waals surface area (Å²) in [6.07, 6.45) is 3.31. The summed E-state index contributed by atoms with van der Waals surface area (Å²) in [5.74, 6) is 5.97. The van der Waals surface area contributed by atoms with Crippen molar-refractivity contribution in [1.29, 1.82) is 0 Å². The summed E-state index contributed by atoms with van der Waals surface area (Å²) < 4.78 is 0.917. The van der Waals surface area contributed by atoms with Gasteiger partial charge in [-0.2, -0.15) is 0 Å². The molecule has 1 atom stereocenters. The van der Waals surface area contributed by atoms with E-state index >= 15 is 0 Å². The molecule has 0 aliphatic heterocycles. The van der Waals surface area contributed by atoms with Gasteiger partial charge in [-0.3, -0.25) is 0 Å². The van der Waals surface area contributed by atoms with Gasteiger partial charge in [0.25, 0.3) is 0 Å². The van der Waals surface area contributed by atoms with E-state index in [0.29, 0.717) is 6.04 Å². The third kappa shape index (κ3) is 2.55. The first-order chi connectivity index (χ1) is 7.31. The molecule has 0 saturated heterocycles. The summed E-state index contributed by atoms with van der Waals surface area (Å²) in [6, 6.07) is 2.61. The molecule has 80 valence electrons. The molecule has 0 amide bonds. The molecule has 1 heterocycles. The highest BCUT2D eigenvalue weighted by molar-refractivity contribution is 7.16. The Morgan fingerprint density at radius 3 is 3.33 bits per heavy atom. The SMILES string of the molecule is CC#CCCNC1CCc2sc(Cl)cc21. The van der Waals surface area contributed by atoms with Crippen LogP contribution in [0, 0.1) is 11.8 Å². The van der Waals surface area contributed by atoms with Crippen LogP contribution in [0.4, 0.5) is 0 Å². The Balaban J connectivity index is 1.91. The zero-order chi connectivity index (χ0) is 10.7. The van der Waals surface area contributed by atoms with Crippen LogP contribution in [-0.4, -0.2) is 6.54 Å². The fourth-order valence-electron chi connectivity index (χ4n) is 1.98. The van der Waals surface area contributed by atoms with Crippen LogP contribution in [0.25, 0.3) is 0 Å². The molecule has 2 rings (SSSR count). The first kappa shape index (κ1) is 11.0. The third-order valence-electron chi connectivity index (χ3n) is 2.66. The maximum atomic E-state index is 6.00. The summed E-state index contributed by atoms with van der Waals surface area (Å²) in [6.45, 7) is 2.85. The highest BCUT2D eigenvalue weighted by atomic mass is 35.5. The van der Waals surface area contributed by atoms with Gasteiger partial charge in [0.1, 0.15) is 0 Å². The van der Waals surface area contributed by atoms with Crippen LogP contribution in [0.3, 0.4) is 0 Å². The third-order valence-corrected chi connectivity index (χ3v) is 4.00. The van der Waals surface area contributed by atoms with Gasteiger partial charge >= 0.3 is 0 Å². The van der Waals surface area contributed by atoms with Crippen LogP contribution in [0.2, 0.25) is 4.34 Å². The zero-order valence-electron chi connectivity index (χ0n) is 8.77. The molecule has 0 radical (unpaired) electrons. The molecule has 0 saturated carbocycles. The molecular formula is C12H14ClNS. The van der Waals surface area contributed by atoms with Gasteiger partial charge in [0.05, 0.1) is 4.34 Å². The lowest BCUT2D eigenvalue weighted by Crippen LogP contribution is -2.19. The number of halogens is 1. The molecule has 0 bridgehead atoms. The zero-order valence-corrected chi connectivity index (χ0v) is 10.3. The number of rotatable bonds is 3. The molecule has 0 fully saturated rings. The maximum absolute atomic E-state index is 6.00. The van der Waals surface area contributed by atoms with E-state index in [-0.39, 0.29) is 0 Å². The van der Waals surface area contributed by atoms with E-state index in [1.165, 1.54) is 23.3 Å². The van der Waals surface area contributed by atoms with Crippen molar-refractivity contribution in [3.63, 3.8) is 0 Å². The summed E-state index contributed by atoms with van der Waals surface area (Å²) in [7, 11) is 0. The number of hydrogen-bond donors (Lipinski definition) is 1. The predicted octanol–water partition coefficient (Wildman–Crippen LogP) is 3.39. The predicted molar refractivity (Wildman–Crippen MR) is 66.5 cm³/mol. The van der Waals surface area contributed by atoms with Gasteiger partial charge in [0, 0.05) is 23.9 Å². The standard InChI is InChI=1S/C12H14ClNS/c1-2-3-4-7-14-10-5-6-11-9(10)8-12(13)15-11/h8,10,14H,4-7H2,1H3. The molecule has 15 heavy (non-hydrogen) atoms. The number of nitrogens with one attached hydrogen (secondary N) is 1. The van der Waals surface area contributed by atoms with E-state index in [1.807, 2.05) is 6.92 Å². The second-order valence-electron chi connectivity index (χ2n) is 3.65. The van der Waals surface area contributed by atoms with Gasteiger partial charge in [-0.25, -0.2) is 0 Å². The number of thiophene rings is 1. The minimum Gasteiger partial charge on any atom is -0.309 e. The fraction of sp³-hybridized carbons (Fsp3) is 0.500. The van der Waals surface area contributed by atoms with Crippen molar-refractivity contribution in [2.45, 2.75) is 32.2 Å².